The first-order valence-electron chi connectivity index (χ1n) is 6.13. The Balaban J connectivity index is 1.90. The number of pyridine rings is 1. The number of aromatic hydroxyl groups is 1. The van der Waals surface area contributed by atoms with Crippen LogP contribution in [0.25, 0.3) is 0 Å². The molecular weight excluding hydrogens is 244 g/mol. The number of aromatic nitrogens is 1. The highest BCUT2D eigenvalue weighted by molar-refractivity contribution is 7.11. The quantitative estimate of drug-likeness (QED) is 0.870. The molecule has 0 fully saturated rings. The fraction of sp³-hybridized carbons (Fsp3) is 0.357. The van der Waals surface area contributed by atoms with E-state index in [4.69, 9.17) is 0 Å². The van der Waals surface area contributed by atoms with Crippen molar-refractivity contribution in [3.05, 3.63) is 45.4 Å². The summed E-state index contributed by atoms with van der Waals surface area (Å²) in [5.41, 5.74) is 1.64. The summed E-state index contributed by atoms with van der Waals surface area (Å²) < 4.78 is 0. The molecule has 0 aliphatic rings. The largest absolute Gasteiger partial charge is 0.506 e. The van der Waals surface area contributed by atoms with Gasteiger partial charge in [0.1, 0.15) is 5.75 Å². The van der Waals surface area contributed by atoms with Crippen molar-refractivity contribution in [2.45, 2.75) is 33.4 Å². The van der Waals surface area contributed by atoms with Gasteiger partial charge >= 0.3 is 0 Å². The van der Waals surface area contributed by atoms with Crippen LogP contribution in [0.2, 0.25) is 0 Å². The average Bonchev–Trinajstić information content (AvgIpc) is 2.81. The third-order valence-corrected chi connectivity index (χ3v) is 3.98. The molecular formula is C14H18N2OS. The molecule has 0 unspecified atom stereocenters. The van der Waals surface area contributed by atoms with Gasteiger partial charge < -0.3 is 10.4 Å². The van der Waals surface area contributed by atoms with Crippen molar-refractivity contribution in [1.82, 2.24) is 10.3 Å². The van der Waals surface area contributed by atoms with Gasteiger partial charge in [0.2, 0.25) is 0 Å². The van der Waals surface area contributed by atoms with Crippen LogP contribution < -0.4 is 5.32 Å². The Morgan fingerprint density at radius 1 is 1.17 bits per heavy atom. The molecule has 2 rings (SSSR count). The number of nitrogens with zero attached hydrogens (tertiary/aromatic N) is 1. The van der Waals surface area contributed by atoms with Crippen LogP contribution in [0.4, 0.5) is 0 Å². The zero-order valence-corrected chi connectivity index (χ0v) is 11.5. The lowest BCUT2D eigenvalue weighted by Gasteiger charge is -2.06. The normalized spacial score (nSPS) is 10.8. The number of hydrogen-bond donors (Lipinski definition) is 2. The molecule has 2 N–H and O–H groups in total. The predicted octanol–water partition coefficient (Wildman–Crippen LogP) is 3.01. The summed E-state index contributed by atoms with van der Waals surface area (Å²) in [6.45, 7) is 5.50. The smallest absolute Gasteiger partial charge is 0.138 e. The number of nitrogens with one attached hydrogen (secondary N) is 1. The summed E-state index contributed by atoms with van der Waals surface area (Å²) in [6.07, 6.45) is 1.09. The minimum atomic E-state index is 0.258. The number of hydrogen-bond acceptors (Lipinski definition) is 4. The van der Waals surface area contributed by atoms with Gasteiger partial charge in [0, 0.05) is 28.5 Å². The third kappa shape index (κ3) is 3.31. The standard InChI is InChI=1S/C14H18N2OS/c1-3-11-5-6-12(18-11)8-15-9-13-14(17)7-4-10(2)16-13/h4-7,15,17H,3,8-9H2,1-2H3. The minimum Gasteiger partial charge on any atom is -0.506 e. The Kier molecular flexibility index (Phi) is 4.33. The highest BCUT2D eigenvalue weighted by Crippen LogP contribution is 2.18. The topological polar surface area (TPSA) is 45.2 Å². The first-order valence-corrected chi connectivity index (χ1v) is 6.94. The van der Waals surface area contributed by atoms with E-state index in [-0.39, 0.29) is 5.75 Å². The highest BCUT2D eigenvalue weighted by atomic mass is 32.1. The van der Waals surface area contributed by atoms with Gasteiger partial charge in [-0.2, -0.15) is 0 Å². The molecule has 2 aromatic heterocycles. The predicted molar refractivity (Wildman–Crippen MR) is 74.9 cm³/mol. The molecule has 0 radical (unpaired) electrons. The number of rotatable bonds is 5. The van der Waals surface area contributed by atoms with E-state index in [1.54, 1.807) is 6.07 Å². The van der Waals surface area contributed by atoms with E-state index in [2.05, 4.69) is 29.4 Å². The van der Waals surface area contributed by atoms with E-state index >= 15 is 0 Å². The van der Waals surface area contributed by atoms with E-state index in [1.807, 2.05) is 24.3 Å². The van der Waals surface area contributed by atoms with Crippen molar-refractivity contribution in [3.63, 3.8) is 0 Å². The van der Waals surface area contributed by atoms with E-state index in [1.165, 1.54) is 9.75 Å². The summed E-state index contributed by atoms with van der Waals surface area (Å²) in [5.74, 6) is 0.258. The fourth-order valence-corrected chi connectivity index (χ4v) is 2.67. The molecule has 0 amide bonds. The molecule has 0 aliphatic heterocycles. The van der Waals surface area contributed by atoms with Crippen LogP contribution in [0, 0.1) is 6.92 Å². The monoisotopic (exact) mass is 262 g/mol. The Labute approximate surface area is 112 Å². The minimum absolute atomic E-state index is 0.258. The summed E-state index contributed by atoms with van der Waals surface area (Å²) in [4.78, 5) is 7.04. The maximum Gasteiger partial charge on any atom is 0.138 e. The molecule has 0 aliphatic carbocycles. The lowest BCUT2D eigenvalue weighted by atomic mass is 10.3. The summed E-state index contributed by atoms with van der Waals surface area (Å²) in [7, 11) is 0. The second kappa shape index (κ2) is 5.98. The number of thiophene rings is 1. The van der Waals surface area contributed by atoms with Gasteiger partial charge in [-0.25, -0.2) is 0 Å². The Morgan fingerprint density at radius 2 is 1.94 bits per heavy atom. The van der Waals surface area contributed by atoms with Crippen LogP contribution in [0.1, 0.15) is 28.1 Å². The molecule has 0 spiro atoms. The second-order valence-corrected chi connectivity index (χ2v) is 5.50. The molecule has 18 heavy (non-hydrogen) atoms. The maximum atomic E-state index is 9.67. The molecule has 0 saturated heterocycles. The van der Waals surface area contributed by atoms with Crippen molar-refractivity contribution in [2.75, 3.05) is 0 Å². The summed E-state index contributed by atoms with van der Waals surface area (Å²) >= 11 is 1.83. The summed E-state index contributed by atoms with van der Waals surface area (Å²) in [6, 6.07) is 7.83. The second-order valence-electron chi connectivity index (χ2n) is 4.24. The van der Waals surface area contributed by atoms with E-state index in [0.717, 1.165) is 18.7 Å². The van der Waals surface area contributed by atoms with Gasteiger partial charge in [-0.3, -0.25) is 4.98 Å². The number of aryl methyl sites for hydroxylation is 2. The van der Waals surface area contributed by atoms with E-state index < -0.39 is 0 Å². The van der Waals surface area contributed by atoms with Crippen molar-refractivity contribution in [2.24, 2.45) is 0 Å². The molecule has 96 valence electrons. The van der Waals surface area contributed by atoms with Gasteiger partial charge in [0.05, 0.1) is 5.69 Å². The molecule has 0 saturated carbocycles. The highest BCUT2D eigenvalue weighted by Gasteiger charge is 2.03. The average molecular weight is 262 g/mol. The van der Waals surface area contributed by atoms with Crippen LogP contribution in [-0.4, -0.2) is 10.1 Å². The third-order valence-electron chi connectivity index (χ3n) is 2.75. The molecule has 2 aromatic rings. The summed E-state index contributed by atoms with van der Waals surface area (Å²) in [5, 5.41) is 13.0. The SMILES string of the molecule is CCc1ccc(CNCc2nc(C)ccc2O)s1. The van der Waals surface area contributed by atoms with Gasteiger partial charge in [0.15, 0.2) is 0 Å². The van der Waals surface area contributed by atoms with Crippen LogP contribution in [-0.2, 0) is 19.5 Å². The first kappa shape index (κ1) is 13.1. The van der Waals surface area contributed by atoms with Gasteiger partial charge in [-0.05, 0) is 37.6 Å². The first-order chi connectivity index (χ1) is 8.69. The molecule has 0 bridgehead atoms. The van der Waals surface area contributed by atoms with Gasteiger partial charge in [0.25, 0.3) is 0 Å². The van der Waals surface area contributed by atoms with Crippen LogP contribution in [0.3, 0.4) is 0 Å². The maximum absolute atomic E-state index is 9.67. The molecule has 3 nitrogen and oxygen atoms in total. The van der Waals surface area contributed by atoms with Crippen molar-refractivity contribution in [3.8, 4) is 5.75 Å². The molecule has 2 heterocycles. The van der Waals surface area contributed by atoms with Crippen LogP contribution >= 0.6 is 11.3 Å². The van der Waals surface area contributed by atoms with Crippen molar-refractivity contribution < 1.29 is 5.11 Å². The lowest BCUT2D eigenvalue weighted by molar-refractivity contribution is 0.459. The van der Waals surface area contributed by atoms with Crippen molar-refractivity contribution >= 4 is 11.3 Å². The van der Waals surface area contributed by atoms with Gasteiger partial charge in [-0.15, -0.1) is 11.3 Å². The zero-order chi connectivity index (χ0) is 13.0. The zero-order valence-electron chi connectivity index (χ0n) is 10.7. The van der Waals surface area contributed by atoms with Gasteiger partial charge in [-0.1, -0.05) is 6.92 Å². The Bertz CT molecular complexity index is 522. The van der Waals surface area contributed by atoms with E-state index in [0.29, 0.717) is 12.2 Å². The van der Waals surface area contributed by atoms with Crippen molar-refractivity contribution in [1.29, 1.82) is 0 Å². The molecule has 0 aromatic carbocycles. The molecule has 0 atom stereocenters. The Hall–Kier alpha value is -1.39. The van der Waals surface area contributed by atoms with Crippen LogP contribution in [0.5, 0.6) is 5.75 Å². The molecule has 4 heteroatoms. The lowest BCUT2D eigenvalue weighted by Crippen LogP contribution is -2.13. The van der Waals surface area contributed by atoms with E-state index in [9.17, 15) is 5.11 Å². The van der Waals surface area contributed by atoms with Crippen LogP contribution in [0.15, 0.2) is 24.3 Å². The fourth-order valence-electron chi connectivity index (χ4n) is 1.74. The Morgan fingerprint density at radius 3 is 2.67 bits per heavy atom.